The van der Waals surface area contributed by atoms with Gasteiger partial charge in [0.05, 0.1) is 19.0 Å². The van der Waals surface area contributed by atoms with Crippen LogP contribution in [0.3, 0.4) is 0 Å². The van der Waals surface area contributed by atoms with Gasteiger partial charge in [-0.05, 0) is 25.1 Å². The summed E-state index contributed by atoms with van der Waals surface area (Å²) in [5, 5.41) is 11.7. The van der Waals surface area contributed by atoms with E-state index in [1.54, 1.807) is 13.0 Å². The number of pyridine rings is 1. The molecule has 0 aliphatic carbocycles. The number of methoxy groups -OCH3 is 1. The molecule has 2 heterocycles. The average Bonchev–Trinajstić information content (AvgIpc) is 2.79. The number of esters is 1. The fraction of sp³-hybridized carbons (Fsp3) is 0.154. The Hall–Kier alpha value is -2.83. The van der Waals surface area contributed by atoms with Gasteiger partial charge in [-0.15, -0.1) is 0 Å². The number of ether oxygens (including phenoxy) is 1. The van der Waals surface area contributed by atoms with Gasteiger partial charge >= 0.3 is 5.97 Å². The molecule has 0 aromatic carbocycles. The lowest BCUT2D eigenvalue weighted by Gasteiger charge is -2.05. The quantitative estimate of drug-likeness (QED) is 0.736. The molecule has 7 heteroatoms. The molecule has 0 saturated heterocycles. The highest BCUT2D eigenvalue weighted by Crippen LogP contribution is 2.18. The predicted molar refractivity (Wildman–Crippen MR) is 70.7 cm³/mol. The van der Waals surface area contributed by atoms with E-state index in [9.17, 15) is 9.59 Å². The van der Waals surface area contributed by atoms with Crippen molar-refractivity contribution in [1.29, 1.82) is 0 Å². The smallest absolute Gasteiger partial charge is 0.356 e. The molecule has 0 radical (unpaired) electrons. The van der Waals surface area contributed by atoms with Crippen LogP contribution in [-0.4, -0.2) is 34.1 Å². The molecule has 1 amide bonds. The first kappa shape index (κ1) is 13.6. The van der Waals surface area contributed by atoms with Crippen LogP contribution in [0.5, 0.6) is 5.75 Å². The highest BCUT2D eigenvalue weighted by Gasteiger charge is 2.17. The molecule has 20 heavy (non-hydrogen) atoms. The van der Waals surface area contributed by atoms with Crippen molar-refractivity contribution in [2.24, 2.45) is 0 Å². The van der Waals surface area contributed by atoms with Crippen molar-refractivity contribution in [1.82, 2.24) is 9.97 Å². The Morgan fingerprint density at radius 3 is 2.75 bits per heavy atom. The van der Waals surface area contributed by atoms with Crippen LogP contribution >= 0.6 is 0 Å². The van der Waals surface area contributed by atoms with Crippen LogP contribution in [0.4, 0.5) is 5.69 Å². The van der Waals surface area contributed by atoms with Gasteiger partial charge in [0.15, 0.2) is 0 Å². The number of hydrogen-bond donors (Lipinski definition) is 3. The highest BCUT2D eigenvalue weighted by molar-refractivity contribution is 6.06. The number of anilines is 1. The number of carbonyl (C=O) groups is 2. The summed E-state index contributed by atoms with van der Waals surface area (Å²) in [7, 11) is 1.26. The zero-order valence-electron chi connectivity index (χ0n) is 10.9. The van der Waals surface area contributed by atoms with E-state index in [-0.39, 0.29) is 17.1 Å². The Bertz CT molecular complexity index is 646. The summed E-state index contributed by atoms with van der Waals surface area (Å²) in [5.41, 5.74) is 1.31. The molecule has 0 aliphatic heterocycles. The Morgan fingerprint density at radius 2 is 2.15 bits per heavy atom. The maximum absolute atomic E-state index is 12.0. The van der Waals surface area contributed by atoms with Crippen LogP contribution in [0, 0.1) is 6.92 Å². The third-order valence-corrected chi connectivity index (χ3v) is 2.57. The van der Waals surface area contributed by atoms with Crippen molar-refractivity contribution < 1.29 is 19.4 Å². The molecular weight excluding hydrogens is 262 g/mol. The summed E-state index contributed by atoms with van der Waals surface area (Å²) in [6.45, 7) is 1.75. The number of carbonyl (C=O) groups excluding carboxylic acids is 2. The first-order chi connectivity index (χ1) is 9.51. The zero-order chi connectivity index (χ0) is 14.7. The van der Waals surface area contributed by atoms with Crippen LogP contribution < -0.4 is 5.32 Å². The normalized spacial score (nSPS) is 10.1. The topological polar surface area (TPSA) is 104 Å². The van der Waals surface area contributed by atoms with Crippen LogP contribution in [0.15, 0.2) is 24.4 Å². The lowest BCUT2D eigenvalue weighted by Crippen LogP contribution is -2.15. The van der Waals surface area contributed by atoms with Gasteiger partial charge in [-0.2, -0.15) is 0 Å². The van der Waals surface area contributed by atoms with Gasteiger partial charge in [0.25, 0.3) is 5.91 Å². The molecule has 0 bridgehead atoms. The van der Waals surface area contributed by atoms with E-state index in [4.69, 9.17) is 5.11 Å². The van der Waals surface area contributed by atoms with E-state index < -0.39 is 11.9 Å². The summed E-state index contributed by atoms with van der Waals surface area (Å²) in [6, 6.07) is 4.35. The Kier molecular flexibility index (Phi) is 3.69. The summed E-state index contributed by atoms with van der Waals surface area (Å²) in [6.07, 6.45) is 1.17. The number of nitrogens with zero attached hydrogens (tertiary/aromatic N) is 1. The largest absolute Gasteiger partial charge is 0.506 e. The predicted octanol–water partition coefficient (Wildman–Crippen LogP) is 1.46. The molecule has 3 N–H and O–H groups in total. The summed E-state index contributed by atoms with van der Waals surface area (Å²) in [5.74, 6) is -1.10. The molecule has 7 nitrogen and oxygen atoms in total. The van der Waals surface area contributed by atoms with Gasteiger partial charge in [-0.3, -0.25) is 4.79 Å². The number of nitrogens with one attached hydrogen (secondary N) is 2. The molecule has 2 aromatic rings. The number of aromatic nitrogens is 2. The minimum atomic E-state index is -0.577. The van der Waals surface area contributed by atoms with Crippen molar-refractivity contribution in [3.63, 3.8) is 0 Å². The van der Waals surface area contributed by atoms with Crippen molar-refractivity contribution in [2.45, 2.75) is 6.92 Å². The SMILES string of the molecule is COC(=O)c1[nH]c(C)cc1NC(=O)c1ccc(O)cn1. The van der Waals surface area contributed by atoms with Crippen molar-refractivity contribution in [3.8, 4) is 5.75 Å². The molecular formula is C13H13N3O4. The summed E-state index contributed by atoms with van der Waals surface area (Å²) >= 11 is 0. The van der Waals surface area contributed by atoms with Gasteiger partial charge in [0.2, 0.25) is 0 Å². The first-order valence-corrected chi connectivity index (χ1v) is 5.75. The number of aromatic amines is 1. The molecule has 0 saturated carbocycles. The van der Waals surface area contributed by atoms with Gasteiger partial charge in [-0.25, -0.2) is 9.78 Å². The average molecular weight is 275 g/mol. The molecule has 0 spiro atoms. The van der Waals surface area contributed by atoms with E-state index in [1.165, 1.54) is 25.4 Å². The minimum absolute atomic E-state index is 0.0331. The minimum Gasteiger partial charge on any atom is -0.506 e. The van der Waals surface area contributed by atoms with E-state index >= 15 is 0 Å². The lowest BCUT2D eigenvalue weighted by atomic mass is 10.3. The maximum atomic E-state index is 12.0. The zero-order valence-corrected chi connectivity index (χ0v) is 10.9. The summed E-state index contributed by atoms with van der Waals surface area (Å²) < 4.78 is 4.62. The van der Waals surface area contributed by atoms with E-state index in [0.717, 1.165) is 0 Å². The molecule has 0 aliphatic rings. The number of aromatic hydroxyl groups is 1. The fourth-order valence-corrected chi connectivity index (χ4v) is 1.66. The summed E-state index contributed by atoms with van der Waals surface area (Å²) in [4.78, 5) is 30.1. The Balaban J connectivity index is 2.23. The maximum Gasteiger partial charge on any atom is 0.356 e. The standard InChI is InChI=1S/C13H13N3O4/c1-7-5-10(11(15-7)13(19)20-2)16-12(18)9-4-3-8(17)6-14-9/h3-6,15,17H,1-2H3,(H,16,18). The fourth-order valence-electron chi connectivity index (χ4n) is 1.66. The number of H-pyrrole nitrogens is 1. The van der Waals surface area contributed by atoms with Crippen molar-refractivity contribution >= 4 is 17.6 Å². The molecule has 0 atom stereocenters. The van der Waals surface area contributed by atoms with Gasteiger partial charge in [-0.1, -0.05) is 0 Å². The second-order valence-electron chi connectivity index (χ2n) is 4.09. The first-order valence-electron chi connectivity index (χ1n) is 5.75. The molecule has 2 rings (SSSR count). The second kappa shape index (κ2) is 5.43. The molecule has 0 fully saturated rings. The molecule has 0 unspecified atom stereocenters. The highest BCUT2D eigenvalue weighted by atomic mass is 16.5. The van der Waals surface area contributed by atoms with Crippen LogP contribution in [-0.2, 0) is 4.74 Å². The Labute approximate surface area is 114 Å². The second-order valence-corrected chi connectivity index (χ2v) is 4.09. The molecule has 2 aromatic heterocycles. The van der Waals surface area contributed by atoms with Crippen molar-refractivity contribution in [3.05, 3.63) is 41.5 Å². The van der Waals surface area contributed by atoms with E-state index in [0.29, 0.717) is 11.4 Å². The third-order valence-electron chi connectivity index (χ3n) is 2.57. The number of rotatable bonds is 3. The molecule has 104 valence electrons. The number of aryl methyl sites for hydroxylation is 1. The van der Waals surface area contributed by atoms with Crippen LogP contribution in [0.1, 0.15) is 26.7 Å². The van der Waals surface area contributed by atoms with E-state index in [1.807, 2.05) is 0 Å². The lowest BCUT2D eigenvalue weighted by molar-refractivity contribution is 0.0596. The number of amides is 1. The Morgan fingerprint density at radius 1 is 1.40 bits per heavy atom. The number of hydrogen-bond acceptors (Lipinski definition) is 5. The monoisotopic (exact) mass is 275 g/mol. The van der Waals surface area contributed by atoms with Crippen LogP contribution in [0.2, 0.25) is 0 Å². The van der Waals surface area contributed by atoms with Crippen LogP contribution in [0.25, 0.3) is 0 Å². The van der Waals surface area contributed by atoms with E-state index in [2.05, 4.69) is 20.0 Å². The van der Waals surface area contributed by atoms with Crippen molar-refractivity contribution in [2.75, 3.05) is 12.4 Å². The third kappa shape index (κ3) is 2.77. The van der Waals surface area contributed by atoms with Gasteiger partial charge in [0, 0.05) is 5.69 Å². The van der Waals surface area contributed by atoms with Gasteiger partial charge in [0.1, 0.15) is 17.1 Å². The van der Waals surface area contributed by atoms with Gasteiger partial charge < -0.3 is 20.1 Å².